The van der Waals surface area contributed by atoms with Gasteiger partial charge in [0.05, 0.1) is 23.9 Å². The third kappa shape index (κ3) is 2.20. The van der Waals surface area contributed by atoms with Crippen LogP contribution in [0, 0.1) is 5.92 Å². The number of amides is 1. The summed E-state index contributed by atoms with van der Waals surface area (Å²) in [6.45, 7) is 9.00. The molecule has 1 aliphatic heterocycles. The summed E-state index contributed by atoms with van der Waals surface area (Å²) in [6.07, 6.45) is 2.12. The van der Waals surface area contributed by atoms with Gasteiger partial charge >= 0.3 is 0 Å². The monoisotopic (exact) mass is 240 g/mol. The van der Waals surface area contributed by atoms with Gasteiger partial charge < -0.3 is 9.64 Å². The van der Waals surface area contributed by atoms with Gasteiger partial charge in [0.15, 0.2) is 0 Å². The first-order valence-electron chi connectivity index (χ1n) is 6.45. The van der Waals surface area contributed by atoms with Crippen LogP contribution < -0.4 is 5.32 Å². The van der Waals surface area contributed by atoms with E-state index in [9.17, 15) is 4.79 Å². The Morgan fingerprint density at radius 2 is 2.12 bits per heavy atom. The van der Waals surface area contributed by atoms with Gasteiger partial charge in [-0.3, -0.25) is 10.1 Å². The van der Waals surface area contributed by atoms with Gasteiger partial charge in [-0.2, -0.15) is 0 Å². The van der Waals surface area contributed by atoms with Gasteiger partial charge in [0.1, 0.15) is 0 Å². The van der Waals surface area contributed by atoms with Crippen LogP contribution in [-0.4, -0.2) is 41.8 Å². The lowest BCUT2D eigenvalue weighted by molar-refractivity contribution is -0.135. The predicted octanol–water partition coefficient (Wildman–Crippen LogP) is 1.36. The molecule has 0 aromatic rings. The predicted molar refractivity (Wildman–Crippen MR) is 66.5 cm³/mol. The molecule has 0 aromatic carbocycles. The molecule has 17 heavy (non-hydrogen) atoms. The topological polar surface area (TPSA) is 41.6 Å². The van der Waals surface area contributed by atoms with Crippen LogP contribution in [0.1, 0.15) is 40.5 Å². The van der Waals surface area contributed by atoms with Crippen molar-refractivity contribution in [3.05, 3.63) is 0 Å². The zero-order valence-corrected chi connectivity index (χ0v) is 11.5. The first-order chi connectivity index (χ1) is 7.81. The normalized spacial score (nSPS) is 27.3. The molecule has 1 N–H and O–H groups in total. The van der Waals surface area contributed by atoms with Gasteiger partial charge in [0.2, 0.25) is 5.91 Å². The second-order valence-corrected chi connectivity index (χ2v) is 6.31. The molecule has 1 heterocycles. The van der Waals surface area contributed by atoms with Gasteiger partial charge in [-0.1, -0.05) is 13.8 Å². The Kier molecular flexibility index (Phi) is 2.99. The third-order valence-electron chi connectivity index (χ3n) is 3.92. The molecule has 2 fully saturated rings. The summed E-state index contributed by atoms with van der Waals surface area (Å²) in [5, 5.41) is 3.51. The minimum Gasteiger partial charge on any atom is -0.377 e. The van der Waals surface area contributed by atoms with Crippen molar-refractivity contribution >= 4 is 5.91 Å². The Balaban J connectivity index is 2.15. The third-order valence-corrected chi connectivity index (χ3v) is 3.92. The van der Waals surface area contributed by atoms with Crippen LogP contribution in [-0.2, 0) is 9.53 Å². The molecule has 1 aliphatic carbocycles. The standard InChI is InChI=1S/C13H24N2O2/c1-9(2)10-14-13(6-7-13)11(16)15(10)8-12(3,4)17-5/h9-10,14H,6-8H2,1-5H3. The molecule has 0 aromatic heterocycles. The second kappa shape index (κ2) is 3.95. The summed E-state index contributed by atoms with van der Waals surface area (Å²) < 4.78 is 5.44. The molecule has 1 saturated heterocycles. The van der Waals surface area contributed by atoms with Gasteiger partial charge in [0, 0.05) is 7.11 Å². The van der Waals surface area contributed by atoms with Crippen molar-refractivity contribution in [1.82, 2.24) is 10.2 Å². The van der Waals surface area contributed by atoms with Crippen LogP contribution >= 0.6 is 0 Å². The van der Waals surface area contributed by atoms with E-state index < -0.39 is 0 Å². The molecule has 1 unspecified atom stereocenters. The van der Waals surface area contributed by atoms with Crippen molar-refractivity contribution in [2.24, 2.45) is 5.92 Å². The number of carbonyl (C=O) groups excluding carboxylic acids is 1. The summed E-state index contributed by atoms with van der Waals surface area (Å²) in [4.78, 5) is 14.4. The molecule has 0 radical (unpaired) electrons. The average molecular weight is 240 g/mol. The molecule has 0 bridgehead atoms. The highest BCUT2D eigenvalue weighted by molar-refractivity contribution is 5.91. The lowest BCUT2D eigenvalue weighted by atomic mass is 10.1. The van der Waals surface area contributed by atoms with E-state index in [-0.39, 0.29) is 23.2 Å². The van der Waals surface area contributed by atoms with E-state index in [0.29, 0.717) is 12.5 Å². The van der Waals surface area contributed by atoms with E-state index in [1.54, 1.807) is 7.11 Å². The van der Waals surface area contributed by atoms with Crippen molar-refractivity contribution in [2.75, 3.05) is 13.7 Å². The fraction of sp³-hybridized carbons (Fsp3) is 0.923. The number of nitrogens with zero attached hydrogens (tertiary/aromatic N) is 1. The Hall–Kier alpha value is -0.610. The summed E-state index contributed by atoms with van der Waals surface area (Å²) in [5.74, 6) is 0.688. The second-order valence-electron chi connectivity index (χ2n) is 6.31. The van der Waals surface area contributed by atoms with Crippen molar-refractivity contribution in [2.45, 2.75) is 57.8 Å². The zero-order chi connectivity index (χ0) is 12.8. The molecule has 2 rings (SSSR count). The first-order valence-corrected chi connectivity index (χ1v) is 6.45. The van der Waals surface area contributed by atoms with E-state index in [2.05, 4.69) is 19.2 Å². The summed E-state index contributed by atoms with van der Waals surface area (Å²) in [6, 6.07) is 0. The van der Waals surface area contributed by atoms with E-state index >= 15 is 0 Å². The van der Waals surface area contributed by atoms with E-state index in [1.165, 1.54) is 0 Å². The Labute approximate surface area is 104 Å². The Morgan fingerprint density at radius 1 is 1.53 bits per heavy atom. The van der Waals surface area contributed by atoms with Gasteiger partial charge in [0.25, 0.3) is 0 Å². The lowest BCUT2D eigenvalue weighted by Gasteiger charge is -2.34. The van der Waals surface area contributed by atoms with Gasteiger partial charge in [-0.15, -0.1) is 0 Å². The van der Waals surface area contributed by atoms with Crippen molar-refractivity contribution in [3.8, 4) is 0 Å². The summed E-state index contributed by atoms with van der Waals surface area (Å²) in [5.41, 5.74) is -0.510. The van der Waals surface area contributed by atoms with Crippen LogP contribution in [0.15, 0.2) is 0 Å². The number of hydrogen-bond acceptors (Lipinski definition) is 3. The molecule has 4 heteroatoms. The van der Waals surface area contributed by atoms with Gasteiger partial charge in [-0.25, -0.2) is 0 Å². The highest BCUT2D eigenvalue weighted by Crippen LogP contribution is 2.43. The fourth-order valence-corrected chi connectivity index (χ4v) is 2.48. The van der Waals surface area contributed by atoms with E-state index in [0.717, 1.165) is 12.8 Å². The van der Waals surface area contributed by atoms with Crippen LogP contribution in [0.5, 0.6) is 0 Å². The lowest BCUT2D eigenvalue weighted by Crippen LogP contribution is -2.48. The molecule has 1 spiro atoms. The van der Waals surface area contributed by atoms with Crippen LogP contribution in [0.2, 0.25) is 0 Å². The van der Waals surface area contributed by atoms with Crippen molar-refractivity contribution in [3.63, 3.8) is 0 Å². The quantitative estimate of drug-likeness (QED) is 0.806. The van der Waals surface area contributed by atoms with Gasteiger partial charge in [-0.05, 0) is 32.6 Å². The maximum atomic E-state index is 12.4. The smallest absolute Gasteiger partial charge is 0.244 e. The van der Waals surface area contributed by atoms with Crippen LogP contribution in [0.4, 0.5) is 0 Å². The van der Waals surface area contributed by atoms with Crippen molar-refractivity contribution < 1.29 is 9.53 Å². The molecular formula is C13H24N2O2. The molecule has 98 valence electrons. The number of nitrogens with one attached hydrogen (secondary N) is 1. The summed E-state index contributed by atoms with van der Waals surface area (Å²) in [7, 11) is 1.70. The maximum absolute atomic E-state index is 12.4. The Bertz CT molecular complexity index is 321. The maximum Gasteiger partial charge on any atom is 0.244 e. The molecule has 1 atom stereocenters. The van der Waals surface area contributed by atoms with Crippen LogP contribution in [0.25, 0.3) is 0 Å². The molecule has 4 nitrogen and oxygen atoms in total. The average Bonchev–Trinajstić information content (AvgIpc) is 2.97. The van der Waals surface area contributed by atoms with E-state index in [4.69, 9.17) is 4.74 Å². The minimum absolute atomic E-state index is 0.152. The number of methoxy groups -OCH3 is 1. The molecule has 2 aliphatic rings. The highest BCUT2D eigenvalue weighted by atomic mass is 16.5. The largest absolute Gasteiger partial charge is 0.377 e. The van der Waals surface area contributed by atoms with Crippen LogP contribution in [0.3, 0.4) is 0 Å². The molecule has 1 saturated carbocycles. The number of ether oxygens (including phenoxy) is 1. The number of rotatable bonds is 4. The first kappa shape index (κ1) is 12.8. The number of hydrogen-bond donors (Lipinski definition) is 1. The van der Waals surface area contributed by atoms with E-state index in [1.807, 2.05) is 18.7 Å². The summed E-state index contributed by atoms with van der Waals surface area (Å²) >= 11 is 0. The Morgan fingerprint density at radius 3 is 2.53 bits per heavy atom. The number of carbonyl (C=O) groups is 1. The molecular weight excluding hydrogens is 216 g/mol. The van der Waals surface area contributed by atoms with Crippen molar-refractivity contribution in [1.29, 1.82) is 0 Å². The SMILES string of the molecule is COC(C)(C)CN1C(=O)C2(CC2)NC1C(C)C. The zero-order valence-electron chi connectivity index (χ0n) is 11.5. The highest BCUT2D eigenvalue weighted by Gasteiger charge is 2.59. The minimum atomic E-state index is -0.287. The molecule has 1 amide bonds. The fourth-order valence-electron chi connectivity index (χ4n) is 2.48.